The first-order valence-corrected chi connectivity index (χ1v) is 3.82. The van der Waals surface area contributed by atoms with Gasteiger partial charge in [-0.1, -0.05) is 13.8 Å². The molecule has 10 heavy (non-hydrogen) atoms. The van der Waals surface area contributed by atoms with Crippen molar-refractivity contribution in [2.24, 2.45) is 11.7 Å². The van der Waals surface area contributed by atoms with Crippen LogP contribution in [0.2, 0.25) is 0 Å². The molecule has 1 amide bonds. The van der Waals surface area contributed by atoms with Crippen molar-refractivity contribution >= 4 is 29.1 Å². The molecule has 0 aromatic rings. The molecule has 2 N–H and O–H groups in total. The first kappa shape index (κ1) is 12.7. The monoisotopic (exact) mass is 185 g/mol. The van der Waals surface area contributed by atoms with Gasteiger partial charge in [-0.05, 0) is 6.92 Å². The zero-order chi connectivity index (χ0) is 8.73. The summed E-state index contributed by atoms with van der Waals surface area (Å²) in [5, 5.41) is 0. The third-order valence-corrected chi connectivity index (χ3v) is 0.569. The molecule has 0 aliphatic heterocycles. The van der Waals surface area contributed by atoms with Crippen LogP contribution in [0.25, 0.3) is 0 Å². The summed E-state index contributed by atoms with van der Waals surface area (Å²) < 4.78 is 0. The molecule has 0 aromatic heterocycles. The second-order valence-corrected chi connectivity index (χ2v) is 3.61. The Balaban J connectivity index is 0. The van der Waals surface area contributed by atoms with Gasteiger partial charge in [0, 0.05) is 5.92 Å². The Bertz CT molecular complexity index is 91.0. The summed E-state index contributed by atoms with van der Waals surface area (Å²) in [6.45, 7) is 5.23. The van der Waals surface area contributed by atoms with E-state index in [0.29, 0.717) is 0 Å². The summed E-state index contributed by atoms with van der Waals surface area (Å²) in [6, 6.07) is 0. The quantitative estimate of drug-likeness (QED) is 0.624. The van der Waals surface area contributed by atoms with Crippen molar-refractivity contribution in [1.29, 1.82) is 0 Å². The maximum absolute atomic E-state index is 9.92. The third-order valence-electron chi connectivity index (χ3n) is 0.569. The lowest BCUT2D eigenvalue weighted by Crippen LogP contribution is -2.17. The number of amides is 1. The molecule has 0 radical (unpaired) electrons. The SMILES string of the molecule is CC(C)C(N)=O.CC(Cl)Cl. The number of primary amides is 1. The van der Waals surface area contributed by atoms with E-state index in [1.54, 1.807) is 20.8 Å². The Hall–Kier alpha value is 0.0500. The van der Waals surface area contributed by atoms with Crippen molar-refractivity contribution in [2.45, 2.75) is 25.6 Å². The summed E-state index contributed by atoms with van der Waals surface area (Å²) in [7, 11) is 0. The van der Waals surface area contributed by atoms with Crippen LogP contribution in [0.5, 0.6) is 0 Å². The van der Waals surface area contributed by atoms with Crippen LogP contribution < -0.4 is 5.73 Å². The van der Waals surface area contributed by atoms with E-state index >= 15 is 0 Å². The minimum atomic E-state index is -0.241. The van der Waals surface area contributed by atoms with Gasteiger partial charge in [-0.25, -0.2) is 0 Å². The van der Waals surface area contributed by atoms with Gasteiger partial charge in [-0.15, -0.1) is 23.2 Å². The number of hydrogen-bond donors (Lipinski definition) is 1. The largest absolute Gasteiger partial charge is 0.369 e. The van der Waals surface area contributed by atoms with Gasteiger partial charge in [0.1, 0.15) is 4.84 Å². The van der Waals surface area contributed by atoms with Gasteiger partial charge in [0.25, 0.3) is 0 Å². The lowest BCUT2D eigenvalue weighted by atomic mass is 10.2. The van der Waals surface area contributed by atoms with E-state index in [0.717, 1.165) is 0 Å². The number of hydrogen-bond acceptors (Lipinski definition) is 1. The van der Waals surface area contributed by atoms with Crippen LogP contribution in [0, 0.1) is 5.92 Å². The molecule has 0 atom stereocenters. The van der Waals surface area contributed by atoms with Gasteiger partial charge < -0.3 is 5.73 Å². The number of halogens is 2. The van der Waals surface area contributed by atoms with Crippen molar-refractivity contribution in [1.82, 2.24) is 0 Å². The second-order valence-electron chi connectivity index (χ2n) is 2.08. The Morgan fingerprint density at radius 3 is 1.40 bits per heavy atom. The number of nitrogens with two attached hydrogens (primary N) is 1. The van der Waals surface area contributed by atoms with E-state index in [4.69, 9.17) is 28.9 Å². The molecule has 0 aliphatic rings. The molecular formula is C6H13Cl2NO. The van der Waals surface area contributed by atoms with Crippen LogP contribution in [-0.2, 0) is 4.79 Å². The van der Waals surface area contributed by atoms with Crippen molar-refractivity contribution in [3.8, 4) is 0 Å². The number of carbonyl (C=O) groups is 1. The maximum atomic E-state index is 9.92. The first-order valence-electron chi connectivity index (χ1n) is 2.95. The van der Waals surface area contributed by atoms with Crippen LogP contribution in [0.3, 0.4) is 0 Å². The summed E-state index contributed by atoms with van der Waals surface area (Å²) in [5.41, 5.74) is 4.80. The summed E-state index contributed by atoms with van der Waals surface area (Å²) >= 11 is 10.1. The number of rotatable bonds is 1. The van der Waals surface area contributed by atoms with E-state index in [-0.39, 0.29) is 16.7 Å². The Morgan fingerprint density at radius 1 is 1.30 bits per heavy atom. The Morgan fingerprint density at radius 2 is 1.40 bits per heavy atom. The van der Waals surface area contributed by atoms with Crippen molar-refractivity contribution < 1.29 is 4.79 Å². The van der Waals surface area contributed by atoms with E-state index in [1.807, 2.05) is 0 Å². The van der Waals surface area contributed by atoms with Gasteiger partial charge in [0.15, 0.2) is 0 Å². The highest BCUT2D eigenvalue weighted by Gasteiger charge is 1.96. The Labute approximate surface area is 71.7 Å². The van der Waals surface area contributed by atoms with E-state index < -0.39 is 0 Å². The zero-order valence-corrected chi connectivity index (χ0v) is 7.91. The van der Waals surface area contributed by atoms with Crippen LogP contribution >= 0.6 is 23.2 Å². The molecule has 0 saturated heterocycles. The van der Waals surface area contributed by atoms with Crippen LogP contribution in [0.15, 0.2) is 0 Å². The van der Waals surface area contributed by atoms with E-state index in [1.165, 1.54) is 0 Å². The highest BCUT2D eigenvalue weighted by Crippen LogP contribution is 1.95. The zero-order valence-electron chi connectivity index (χ0n) is 6.40. The molecular weight excluding hydrogens is 173 g/mol. The first-order chi connectivity index (χ1) is 4.37. The molecule has 0 unspecified atom stereocenters. The molecule has 0 bridgehead atoms. The fourth-order valence-electron chi connectivity index (χ4n) is 0. The van der Waals surface area contributed by atoms with Crippen molar-refractivity contribution in [2.75, 3.05) is 0 Å². The lowest BCUT2D eigenvalue weighted by molar-refractivity contribution is -0.120. The molecule has 0 aliphatic carbocycles. The molecule has 0 heterocycles. The highest BCUT2D eigenvalue weighted by molar-refractivity contribution is 6.43. The molecule has 0 saturated carbocycles. The topological polar surface area (TPSA) is 43.1 Å². The fourth-order valence-corrected chi connectivity index (χ4v) is 0. The predicted octanol–water partition coefficient (Wildman–Crippen LogP) is 1.94. The molecule has 0 spiro atoms. The molecule has 0 aromatic carbocycles. The maximum Gasteiger partial charge on any atom is 0.219 e. The van der Waals surface area contributed by atoms with Gasteiger partial charge in [-0.3, -0.25) is 4.79 Å². The van der Waals surface area contributed by atoms with Crippen molar-refractivity contribution in [3.05, 3.63) is 0 Å². The minimum Gasteiger partial charge on any atom is -0.369 e. The molecule has 0 fully saturated rings. The van der Waals surface area contributed by atoms with Crippen molar-refractivity contribution in [3.63, 3.8) is 0 Å². The van der Waals surface area contributed by atoms with Gasteiger partial charge in [0.2, 0.25) is 5.91 Å². The lowest BCUT2D eigenvalue weighted by Gasteiger charge is -1.90. The minimum absolute atomic E-state index is 0.00926. The van der Waals surface area contributed by atoms with Crippen LogP contribution in [0.1, 0.15) is 20.8 Å². The van der Waals surface area contributed by atoms with E-state index in [9.17, 15) is 4.79 Å². The molecule has 2 nitrogen and oxygen atoms in total. The van der Waals surface area contributed by atoms with Crippen LogP contribution in [0.4, 0.5) is 0 Å². The fraction of sp³-hybridized carbons (Fsp3) is 0.833. The van der Waals surface area contributed by atoms with Gasteiger partial charge in [-0.2, -0.15) is 0 Å². The summed E-state index contributed by atoms with van der Waals surface area (Å²) in [6.07, 6.45) is 0. The standard InChI is InChI=1S/C4H9NO.C2H4Cl2/c1-3(2)4(5)6;1-2(3)4/h3H,1-2H3,(H2,5,6);2H,1H3. The second kappa shape index (κ2) is 7.16. The average molecular weight is 186 g/mol. The number of alkyl halides is 2. The summed E-state index contributed by atoms with van der Waals surface area (Å²) in [5.74, 6) is -0.250. The summed E-state index contributed by atoms with van der Waals surface area (Å²) in [4.78, 5) is 9.70. The predicted molar refractivity (Wildman–Crippen MR) is 45.2 cm³/mol. The van der Waals surface area contributed by atoms with Gasteiger partial charge in [0.05, 0.1) is 0 Å². The normalized spacial score (nSPS) is 9.10. The smallest absolute Gasteiger partial charge is 0.219 e. The molecule has 0 rings (SSSR count). The van der Waals surface area contributed by atoms with E-state index in [2.05, 4.69) is 0 Å². The van der Waals surface area contributed by atoms with Crippen LogP contribution in [-0.4, -0.2) is 10.7 Å². The Kier molecular flexibility index (Phi) is 9.10. The molecule has 62 valence electrons. The highest BCUT2D eigenvalue weighted by atomic mass is 35.5. The average Bonchev–Trinajstić information content (AvgIpc) is 1.63. The third kappa shape index (κ3) is 24.4. The molecule has 4 heteroatoms. The number of carbonyl (C=O) groups excluding carboxylic acids is 1. The van der Waals surface area contributed by atoms with Gasteiger partial charge >= 0.3 is 0 Å².